The number of rotatable bonds is 0. The first-order valence-electron chi connectivity index (χ1n) is 4.01. The van der Waals surface area contributed by atoms with Gasteiger partial charge in [-0.2, -0.15) is 0 Å². The molecule has 0 saturated carbocycles. The van der Waals surface area contributed by atoms with Crippen LogP contribution in [0.3, 0.4) is 0 Å². The highest BCUT2D eigenvalue weighted by Crippen LogP contribution is 2.26. The molecule has 1 aromatic rings. The molecule has 2 heteroatoms. The average molecular weight is 164 g/mol. The molecule has 0 heterocycles. The van der Waals surface area contributed by atoms with Gasteiger partial charge in [-0.3, -0.25) is 4.79 Å². The Kier molecular flexibility index (Phi) is 1.50. The van der Waals surface area contributed by atoms with Crippen molar-refractivity contribution in [2.75, 3.05) is 0 Å². The Labute approximate surface area is 70.2 Å². The number of benzene rings is 1. The fourth-order valence-electron chi connectivity index (χ4n) is 1.64. The first-order chi connectivity index (χ1) is 5.68. The van der Waals surface area contributed by atoms with E-state index < -0.39 is 0 Å². The third-order valence-corrected chi connectivity index (χ3v) is 2.31. The van der Waals surface area contributed by atoms with Crippen LogP contribution in [0.25, 0.3) is 0 Å². The van der Waals surface area contributed by atoms with Crippen molar-refractivity contribution in [3.8, 4) is 0 Å². The highest BCUT2D eigenvalue weighted by atomic mass is 19.1. The Morgan fingerprint density at radius 1 is 1.50 bits per heavy atom. The number of ketones is 1. The Morgan fingerprint density at radius 3 is 3.00 bits per heavy atom. The van der Waals surface area contributed by atoms with E-state index >= 15 is 0 Å². The van der Waals surface area contributed by atoms with Gasteiger partial charge in [0.25, 0.3) is 0 Å². The lowest BCUT2D eigenvalue weighted by Crippen LogP contribution is -2.02. The predicted molar refractivity (Wildman–Crippen MR) is 43.6 cm³/mol. The van der Waals surface area contributed by atoms with Crippen molar-refractivity contribution in [3.63, 3.8) is 0 Å². The van der Waals surface area contributed by atoms with E-state index in [1.165, 1.54) is 12.1 Å². The molecule has 1 aliphatic rings. The van der Waals surface area contributed by atoms with Crippen molar-refractivity contribution in [3.05, 3.63) is 35.1 Å². The summed E-state index contributed by atoms with van der Waals surface area (Å²) in [4.78, 5) is 11.4. The van der Waals surface area contributed by atoms with Crippen LogP contribution in [0.5, 0.6) is 0 Å². The van der Waals surface area contributed by atoms with E-state index in [0.717, 1.165) is 12.0 Å². The first-order valence-corrected chi connectivity index (χ1v) is 4.01. The number of fused-ring (bicyclic) bond motifs is 1. The Hall–Kier alpha value is -1.18. The Balaban J connectivity index is 2.56. The lowest BCUT2D eigenvalue weighted by atomic mass is 10.1. The van der Waals surface area contributed by atoms with Crippen LogP contribution in [0.4, 0.5) is 4.39 Å². The summed E-state index contributed by atoms with van der Waals surface area (Å²) in [5.41, 5.74) is 1.55. The summed E-state index contributed by atoms with van der Waals surface area (Å²) in [5, 5.41) is 0. The maximum Gasteiger partial charge on any atom is 0.166 e. The number of halogens is 1. The molecule has 0 bridgehead atoms. The van der Waals surface area contributed by atoms with E-state index in [4.69, 9.17) is 0 Å². The lowest BCUT2D eigenvalue weighted by Gasteiger charge is -1.95. The van der Waals surface area contributed by atoms with Gasteiger partial charge in [0.1, 0.15) is 5.82 Å². The van der Waals surface area contributed by atoms with Crippen molar-refractivity contribution in [1.82, 2.24) is 0 Å². The molecule has 0 unspecified atom stereocenters. The summed E-state index contributed by atoms with van der Waals surface area (Å²) in [6.07, 6.45) is 0.758. The highest BCUT2D eigenvalue weighted by molar-refractivity contribution is 6.01. The van der Waals surface area contributed by atoms with Gasteiger partial charge in [-0.15, -0.1) is 0 Å². The zero-order valence-electron chi connectivity index (χ0n) is 6.80. The minimum Gasteiger partial charge on any atom is -0.294 e. The van der Waals surface area contributed by atoms with Gasteiger partial charge in [-0.05, 0) is 24.1 Å². The molecule has 0 aliphatic heterocycles. The van der Waals surface area contributed by atoms with Gasteiger partial charge in [0, 0.05) is 11.5 Å². The molecule has 62 valence electrons. The molecule has 0 spiro atoms. The third-order valence-electron chi connectivity index (χ3n) is 2.31. The number of carbonyl (C=O) groups excluding carboxylic acids is 1. The average Bonchev–Trinajstić information content (AvgIpc) is 2.31. The van der Waals surface area contributed by atoms with E-state index in [9.17, 15) is 9.18 Å². The monoisotopic (exact) mass is 164 g/mol. The maximum absolute atomic E-state index is 12.7. The quantitative estimate of drug-likeness (QED) is 0.574. The summed E-state index contributed by atoms with van der Waals surface area (Å²) in [6.45, 7) is 1.88. The van der Waals surface area contributed by atoms with E-state index in [0.29, 0.717) is 5.56 Å². The second-order valence-corrected chi connectivity index (χ2v) is 3.27. The van der Waals surface area contributed by atoms with Gasteiger partial charge < -0.3 is 0 Å². The van der Waals surface area contributed by atoms with Crippen molar-refractivity contribution >= 4 is 5.78 Å². The van der Waals surface area contributed by atoms with Crippen molar-refractivity contribution in [2.45, 2.75) is 13.3 Å². The van der Waals surface area contributed by atoms with Crippen molar-refractivity contribution < 1.29 is 9.18 Å². The SMILES string of the molecule is C[C@@H]1Cc2ccc(F)cc2C1=O. The molecule has 0 amide bonds. The fourth-order valence-corrected chi connectivity index (χ4v) is 1.64. The van der Waals surface area contributed by atoms with Crippen molar-refractivity contribution in [2.24, 2.45) is 5.92 Å². The van der Waals surface area contributed by atoms with Crippen LogP contribution in [0.2, 0.25) is 0 Å². The molecule has 0 saturated heterocycles. The molecule has 2 rings (SSSR count). The third kappa shape index (κ3) is 0.951. The molecule has 1 nitrogen and oxygen atoms in total. The van der Waals surface area contributed by atoms with Gasteiger partial charge in [0.15, 0.2) is 5.78 Å². The lowest BCUT2D eigenvalue weighted by molar-refractivity contribution is 0.0946. The van der Waals surface area contributed by atoms with Gasteiger partial charge in [-0.1, -0.05) is 13.0 Å². The second kappa shape index (κ2) is 2.41. The molecule has 0 aromatic heterocycles. The first kappa shape index (κ1) is 7.47. The molecule has 0 fully saturated rings. The van der Waals surface area contributed by atoms with Crippen molar-refractivity contribution in [1.29, 1.82) is 0 Å². The van der Waals surface area contributed by atoms with Gasteiger partial charge in [0.05, 0.1) is 0 Å². The van der Waals surface area contributed by atoms with E-state index in [-0.39, 0.29) is 17.5 Å². The minimum absolute atomic E-state index is 0.0294. The molecule has 1 aromatic carbocycles. The Morgan fingerprint density at radius 2 is 2.25 bits per heavy atom. The highest BCUT2D eigenvalue weighted by Gasteiger charge is 2.26. The van der Waals surface area contributed by atoms with E-state index in [1.807, 2.05) is 6.92 Å². The smallest absolute Gasteiger partial charge is 0.166 e. The number of carbonyl (C=O) groups is 1. The summed E-state index contributed by atoms with van der Waals surface area (Å²) >= 11 is 0. The molecular weight excluding hydrogens is 155 g/mol. The maximum atomic E-state index is 12.7. The number of hydrogen-bond acceptors (Lipinski definition) is 1. The van der Waals surface area contributed by atoms with Crippen LogP contribution in [0, 0.1) is 11.7 Å². The van der Waals surface area contributed by atoms with Crippen LogP contribution in [-0.2, 0) is 6.42 Å². The molecule has 1 aliphatic carbocycles. The topological polar surface area (TPSA) is 17.1 Å². The molecule has 12 heavy (non-hydrogen) atoms. The zero-order valence-corrected chi connectivity index (χ0v) is 6.80. The van der Waals surface area contributed by atoms with Crippen LogP contribution in [-0.4, -0.2) is 5.78 Å². The van der Waals surface area contributed by atoms with Gasteiger partial charge in [0.2, 0.25) is 0 Å². The summed E-state index contributed by atoms with van der Waals surface area (Å²) in [5.74, 6) is -0.220. The van der Waals surface area contributed by atoms with Crippen LogP contribution in [0.15, 0.2) is 18.2 Å². The minimum atomic E-state index is -0.323. The largest absolute Gasteiger partial charge is 0.294 e. The summed E-state index contributed by atoms with van der Waals surface area (Å²) in [7, 11) is 0. The van der Waals surface area contributed by atoms with E-state index in [2.05, 4.69) is 0 Å². The Bertz CT molecular complexity index is 344. The van der Waals surface area contributed by atoms with Crippen LogP contribution in [0.1, 0.15) is 22.8 Å². The molecule has 1 atom stereocenters. The standard InChI is InChI=1S/C10H9FO/c1-6-4-7-2-3-8(11)5-9(7)10(6)12/h2-3,5-6H,4H2,1H3/t6-/m1/s1. The molecule has 0 N–H and O–H groups in total. The number of Topliss-reactive ketones (excluding diaryl/α,β-unsaturated/α-hetero) is 1. The summed E-state index contributed by atoms with van der Waals surface area (Å²) in [6, 6.07) is 4.44. The van der Waals surface area contributed by atoms with Gasteiger partial charge in [-0.25, -0.2) is 4.39 Å². The predicted octanol–water partition coefficient (Wildman–Crippen LogP) is 2.20. The van der Waals surface area contributed by atoms with E-state index in [1.54, 1.807) is 6.07 Å². The second-order valence-electron chi connectivity index (χ2n) is 3.27. The normalized spacial score (nSPS) is 21.2. The zero-order chi connectivity index (χ0) is 8.72. The van der Waals surface area contributed by atoms with Crippen LogP contribution >= 0.6 is 0 Å². The molecular formula is C10H9FO. The molecule has 0 radical (unpaired) electrons. The van der Waals surface area contributed by atoms with Crippen LogP contribution < -0.4 is 0 Å². The fraction of sp³-hybridized carbons (Fsp3) is 0.300. The summed E-state index contributed by atoms with van der Waals surface area (Å²) < 4.78 is 12.7. The number of hydrogen-bond donors (Lipinski definition) is 0. The van der Waals surface area contributed by atoms with Gasteiger partial charge >= 0.3 is 0 Å².